The molecule has 0 fully saturated rings. The van der Waals surface area contributed by atoms with Crippen LogP contribution in [0.4, 0.5) is 0 Å². The third kappa shape index (κ3) is 6.38. The number of benzene rings is 1. The Morgan fingerprint density at radius 3 is 2.39 bits per heavy atom. The third-order valence-corrected chi connectivity index (χ3v) is 7.08. The standard InChI is InChI=1S/C27H38N2O3S/c1-18(2)15-28(27(31)20(5)6)16-26(30)29-13-11-25-23(12-14-33-25)24(29)17-32-22-9-7-21(8-10-22)19(3)4/h7-10,12,14,18-20,24H,11,13,15-17H2,1-6H3/t24-/m1/s1. The van der Waals surface area contributed by atoms with Crippen molar-refractivity contribution in [2.45, 2.75) is 59.9 Å². The smallest absolute Gasteiger partial charge is 0.242 e. The minimum Gasteiger partial charge on any atom is -0.491 e. The van der Waals surface area contributed by atoms with E-state index in [1.54, 1.807) is 16.2 Å². The highest BCUT2D eigenvalue weighted by Gasteiger charge is 2.33. The summed E-state index contributed by atoms with van der Waals surface area (Å²) in [6, 6.07) is 10.2. The summed E-state index contributed by atoms with van der Waals surface area (Å²) in [5.74, 6) is 1.48. The van der Waals surface area contributed by atoms with E-state index in [4.69, 9.17) is 4.74 Å². The van der Waals surface area contributed by atoms with Crippen molar-refractivity contribution < 1.29 is 14.3 Å². The molecule has 0 bridgehead atoms. The first-order valence-electron chi connectivity index (χ1n) is 12.0. The number of carbonyl (C=O) groups excluding carboxylic acids is 2. The molecule has 2 aromatic rings. The van der Waals surface area contributed by atoms with E-state index in [0.717, 1.165) is 12.2 Å². The SMILES string of the molecule is CC(C)CN(CC(=O)N1CCc2sccc2[C@H]1COc1ccc(C(C)C)cc1)C(=O)C(C)C. The molecule has 0 saturated heterocycles. The largest absolute Gasteiger partial charge is 0.491 e. The highest BCUT2D eigenvalue weighted by atomic mass is 32.1. The number of carbonyl (C=O) groups is 2. The highest BCUT2D eigenvalue weighted by Crippen LogP contribution is 2.34. The first-order chi connectivity index (χ1) is 15.7. The number of hydrogen-bond acceptors (Lipinski definition) is 4. The van der Waals surface area contributed by atoms with Gasteiger partial charge in [-0.05, 0) is 53.0 Å². The van der Waals surface area contributed by atoms with Gasteiger partial charge >= 0.3 is 0 Å². The Morgan fingerprint density at radius 1 is 1.09 bits per heavy atom. The zero-order valence-electron chi connectivity index (χ0n) is 20.8. The van der Waals surface area contributed by atoms with E-state index in [1.165, 1.54) is 16.0 Å². The fourth-order valence-corrected chi connectivity index (χ4v) is 5.22. The van der Waals surface area contributed by atoms with Crippen LogP contribution in [0.5, 0.6) is 5.75 Å². The van der Waals surface area contributed by atoms with Gasteiger partial charge in [-0.15, -0.1) is 11.3 Å². The van der Waals surface area contributed by atoms with E-state index in [2.05, 4.69) is 51.3 Å². The van der Waals surface area contributed by atoms with Crippen molar-refractivity contribution in [3.63, 3.8) is 0 Å². The summed E-state index contributed by atoms with van der Waals surface area (Å²) in [4.78, 5) is 31.2. The van der Waals surface area contributed by atoms with Crippen LogP contribution in [0, 0.1) is 11.8 Å². The number of rotatable bonds is 9. The fraction of sp³-hybridized carbons (Fsp3) is 0.556. The highest BCUT2D eigenvalue weighted by molar-refractivity contribution is 7.10. The number of hydrogen-bond donors (Lipinski definition) is 0. The fourth-order valence-electron chi connectivity index (χ4n) is 4.29. The van der Waals surface area contributed by atoms with Gasteiger partial charge in [0.2, 0.25) is 11.8 Å². The molecule has 1 aliphatic heterocycles. The van der Waals surface area contributed by atoms with Crippen molar-refractivity contribution in [1.29, 1.82) is 0 Å². The molecule has 33 heavy (non-hydrogen) atoms. The predicted molar refractivity (Wildman–Crippen MR) is 135 cm³/mol. The number of nitrogens with zero attached hydrogens (tertiary/aromatic N) is 2. The third-order valence-electron chi connectivity index (χ3n) is 6.09. The summed E-state index contributed by atoms with van der Waals surface area (Å²) in [7, 11) is 0. The Kier molecular flexibility index (Phi) is 8.57. The molecule has 2 amide bonds. The van der Waals surface area contributed by atoms with Gasteiger partial charge in [-0.1, -0.05) is 53.7 Å². The molecule has 1 atom stereocenters. The monoisotopic (exact) mass is 470 g/mol. The quantitative estimate of drug-likeness (QED) is 0.485. The molecule has 0 saturated carbocycles. The first-order valence-corrected chi connectivity index (χ1v) is 12.9. The van der Waals surface area contributed by atoms with Gasteiger partial charge in [0.1, 0.15) is 12.4 Å². The van der Waals surface area contributed by atoms with Crippen molar-refractivity contribution >= 4 is 23.2 Å². The normalized spacial score (nSPS) is 15.8. The van der Waals surface area contributed by atoms with Crippen molar-refractivity contribution in [2.75, 3.05) is 26.2 Å². The lowest BCUT2D eigenvalue weighted by atomic mass is 10.00. The number of ether oxygens (including phenoxy) is 1. The second kappa shape index (κ2) is 11.2. The van der Waals surface area contributed by atoms with Gasteiger partial charge in [-0.2, -0.15) is 0 Å². The van der Waals surface area contributed by atoms with Crippen LogP contribution in [0.1, 0.15) is 69.5 Å². The minimum atomic E-state index is -0.146. The lowest BCUT2D eigenvalue weighted by molar-refractivity contribution is -0.144. The van der Waals surface area contributed by atoms with Crippen LogP contribution >= 0.6 is 11.3 Å². The van der Waals surface area contributed by atoms with E-state index >= 15 is 0 Å². The number of thiophene rings is 1. The Morgan fingerprint density at radius 2 is 1.79 bits per heavy atom. The molecule has 3 rings (SSSR count). The summed E-state index contributed by atoms with van der Waals surface area (Å²) in [6.07, 6.45) is 0.848. The topological polar surface area (TPSA) is 49.9 Å². The second-order valence-electron chi connectivity index (χ2n) is 9.95. The second-order valence-corrected chi connectivity index (χ2v) is 11.0. The number of amides is 2. The molecule has 1 aromatic carbocycles. The van der Waals surface area contributed by atoms with Crippen LogP contribution in [-0.4, -0.2) is 47.9 Å². The van der Waals surface area contributed by atoms with Gasteiger partial charge in [0.05, 0.1) is 12.6 Å². The van der Waals surface area contributed by atoms with Crippen LogP contribution in [0.2, 0.25) is 0 Å². The molecule has 0 N–H and O–H groups in total. The minimum absolute atomic E-state index is 0.00902. The molecule has 2 heterocycles. The van der Waals surface area contributed by atoms with E-state index in [-0.39, 0.29) is 30.3 Å². The van der Waals surface area contributed by atoms with Crippen LogP contribution in [0.3, 0.4) is 0 Å². The van der Waals surface area contributed by atoms with Crippen LogP contribution in [0.25, 0.3) is 0 Å². The summed E-state index contributed by atoms with van der Waals surface area (Å²) in [5, 5.41) is 2.09. The van der Waals surface area contributed by atoms with E-state index < -0.39 is 0 Å². The zero-order chi connectivity index (χ0) is 24.1. The van der Waals surface area contributed by atoms with Crippen LogP contribution in [0.15, 0.2) is 35.7 Å². The first kappa shape index (κ1) is 25.3. The van der Waals surface area contributed by atoms with Crippen molar-refractivity contribution in [1.82, 2.24) is 9.80 Å². The number of fused-ring (bicyclic) bond motifs is 1. The van der Waals surface area contributed by atoms with E-state index in [9.17, 15) is 9.59 Å². The van der Waals surface area contributed by atoms with E-state index in [0.29, 0.717) is 31.5 Å². The lowest BCUT2D eigenvalue weighted by Gasteiger charge is -2.37. The van der Waals surface area contributed by atoms with Gasteiger partial charge < -0.3 is 14.5 Å². The van der Waals surface area contributed by atoms with Gasteiger partial charge in [0, 0.05) is 23.9 Å². The molecule has 0 unspecified atom stereocenters. The van der Waals surface area contributed by atoms with E-state index in [1.807, 2.05) is 30.9 Å². The molecule has 180 valence electrons. The maximum absolute atomic E-state index is 13.5. The maximum Gasteiger partial charge on any atom is 0.242 e. The van der Waals surface area contributed by atoms with Gasteiger partial charge in [0.25, 0.3) is 0 Å². The van der Waals surface area contributed by atoms with Crippen LogP contribution in [-0.2, 0) is 16.0 Å². The molecular weight excluding hydrogens is 432 g/mol. The summed E-state index contributed by atoms with van der Waals surface area (Å²) in [5.41, 5.74) is 2.45. The molecule has 0 radical (unpaired) electrons. The Bertz CT molecular complexity index is 933. The molecule has 1 aliphatic rings. The average molecular weight is 471 g/mol. The molecular formula is C27H38N2O3S. The van der Waals surface area contributed by atoms with Crippen molar-refractivity contribution in [3.05, 3.63) is 51.7 Å². The van der Waals surface area contributed by atoms with Crippen molar-refractivity contribution in [3.8, 4) is 5.75 Å². The molecule has 1 aromatic heterocycles. The Balaban J connectivity index is 1.76. The Labute approximate surface area is 202 Å². The zero-order valence-corrected chi connectivity index (χ0v) is 21.7. The molecule has 0 spiro atoms. The predicted octanol–water partition coefficient (Wildman–Crippen LogP) is 5.52. The molecule has 6 heteroatoms. The average Bonchev–Trinajstić information content (AvgIpc) is 3.25. The van der Waals surface area contributed by atoms with Gasteiger partial charge in [-0.3, -0.25) is 9.59 Å². The lowest BCUT2D eigenvalue weighted by Crippen LogP contribution is -2.49. The van der Waals surface area contributed by atoms with Crippen LogP contribution < -0.4 is 4.74 Å². The molecule has 5 nitrogen and oxygen atoms in total. The van der Waals surface area contributed by atoms with Gasteiger partial charge in [-0.25, -0.2) is 0 Å². The maximum atomic E-state index is 13.5. The van der Waals surface area contributed by atoms with Crippen molar-refractivity contribution in [2.24, 2.45) is 11.8 Å². The summed E-state index contributed by atoms with van der Waals surface area (Å²) < 4.78 is 6.17. The summed E-state index contributed by atoms with van der Waals surface area (Å²) >= 11 is 1.74. The molecule has 0 aliphatic carbocycles. The van der Waals surface area contributed by atoms with Gasteiger partial charge in [0.15, 0.2) is 0 Å². The Hall–Kier alpha value is -2.34. The summed E-state index contributed by atoms with van der Waals surface area (Å²) in [6.45, 7) is 14.0.